The molecule has 0 saturated heterocycles. The highest BCUT2D eigenvalue weighted by molar-refractivity contribution is 9.10. The lowest BCUT2D eigenvalue weighted by molar-refractivity contribution is -0.184. The lowest BCUT2D eigenvalue weighted by Gasteiger charge is -2.30. The Balaban J connectivity index is 2.08. The number of carbonyl (C=O) groups excluding carboxylic acids is 1. The molecule has 9 heteroatoms. The molecule has 0 aliphatic carbocycles. The molecular formula is C17H19BrF3N3O2. The predicted molar refractivity (Wildman–Crippen MR) is 93.7 cm³/mol. The summed E-state index contributed by atoms with van der Waals surface area (Å²) >= 11 is 3.35. The number of likely N-dealkylation sites (N-methyl/N-ethyl adjacent to an activating group) is 1. The molecule has 5 nitrogen and oxygen atoms in total. The van der Waals surface area contributed by atoms with E-state index in [1.165, 1.54) is 11.9 Å². The van der Waals surface area contributed by atoms with Gasteiger partial charge in [0.2, 0.25) is 0 Å². The van der Waals surface area contributed by atoms with Gasteiger partial charge in [-0.25, -0.2) is 4.99 Å². The van der Waals surface area contributed by atoms with Crippen molar-refractivity contribution in [3.63, 3.8) is 0 Å². The summed E-state index contributed by atoms with van der Waals surface area (Å²) in [5.41, 5.74) is 5.04. The van der Waals surface area contributed by atoms with Gasteiger partial charge < -0.3 is 10.5 Å². The molecule has 142 valence electrons. The highest BCUT2D eigenvalue weighted by Gasteiger charge is 2.50. The van der Waals surface area contributed by atoms with Crippen LogP contribution in [0.15, 0.2) is 27.7 Å². The van der Waals surface area contributed by atoms with Crippen LogP contribution in [0.4, 0.5) is 13.2 Å². The molecule has 1 aromatic carbocycles. The molecule has 1 spiro atoms. The quantitative estimate of drug-likeness (QED) is 0.679. The van der Waals surface area contributed by atoms with Crippen molar-refractivity contribution in [3.8, 4) is 5.75 Å². The van der Waals surface area contributed by atoms with Crippen molar-refractivity contribution >= 4 is 27.8 Å². The lowest BCUT2D eigenvalue weighted by atomic mass is 9.83. The zero-order valence-electron chi connectivity index (χ0n) is 14.1. The van der Waals surface area contributed by atoms with Gasteiger partial charge in [-0.3, -0.25) is 9.69 Å². The molecule has 2 unspecified atom stereocenters. The van der Waals surface area contributed by atoms with E-state index in [-0.39, 0.29) is 30.5 Å². The first-order valence-corrected chi connectivity index (χ1v) is 9.07. The van der Waals surface area contributed by atoms with E-state index in [0.29, 0.717) is 22.9 Å². The molecule has 2 atom stereocenters. The van der Waals surface area contributed by atoms with Crippen LogP contribution in [0.2, 0.25) is 0 Å². The van der Waals surface area contributed by atoms with E-state index in [2.05, 4.69) is 20.9 Å². The van der Waals surface area contributed by atoms with Crippen LogP contribution in [0.25, 0.3) is 0 Å². The van der Waals surface area contributed by atoms with E-state index in [1.54, 1.807) is 18.2 Å². The molecule has 2 aliphatic rings. The average Bonchev–Trinajstić information content (AvgIpc) is 2.78. The number of carbonyl (C=O) groups is 1. The van der Waals surface area contributed by atoms with Crippen LogP contribution in [0.5, 0.6) is 5.75 Å². The number of hydrogen-bond donors (Lipinski definition) is 1. The zero-order chi connectivity index (χ0) is 19.1. The average molecular weight is 434 g/mol. The van der Waals surface area contributed by atoms with E-state index < -0.39 is 24.2 Å². The molecule has 0 bridgehead atoms. The first-order chi connectivity index (χ1) is 12.1. The van der Waals surface area contributed by atoms with Crippen molar-refractivity contribution < 1.29 is 22.7 Å². The highest BCUT2D eigenvalue weighted by atomic mass is 79.9. The van der Waals surface area contributed by atoms with Gasteiger partial charge in [0.15, 0.2) is 11.5 Å². The summed E-state index contributed by atoms with van der Waals surface area (Å²) in [7, 11) is 1.53. The number of aliphatic imine (C=N–C) groups is 1. The number of alkyl halides is 3. The Bertz CT molecular complexity index is 753. The monoisotopic (exact) mass is 433 g/mol. The molecular weight excluding hydrogens is 415 g/mol. The third kappa shape index (κ3) is 3.28. The third-order valence-corrected chi connectivity index (χ3v) is 5.43. The second-order valence-corrected chi connectivity index (χ2v) is 7.55. The molecule has 0 radical (unpaired) electrons. The van der Waals surface area contributed by atoms with Gasteiger partial charge in [0.1, 0.15) is 5.75 Å². The van der Waals surface area contributed by atoms with E-state index in [9.17, 15) is 18.0 Å². The van der Waals surface area contributed by atoms with Crippen molar-refractivity contribution in [1.29, 1.82) is 0 Å². The summed E-state index contributed by atoms with van der Waals surface area (Å²) in [6.45, 7) is -0.489. The van der Waals surface area contributed by atoms with Gasteiger partial charge in [-0.1, -0.05) is 28.8 Å². The Morgan fingerprint density at radius 1 is 1.38 bits per heavy atom. The minimum Gasteiger partial charge on any atom is -0.493 e. The van der Waals surface area contributed by atoms with Crippen molar-refractivity contribution in [2.75, 3.05) is 13.7 Å². The van der Waals surface area contributed by atoms with Gasteiger partial charge in [0.25, 0.3) is 5.91 Å². The van der Waals surface area contributed by atoms with Gasteiger partial charge in [-0.15, -0.1) is 0 Å². The van der Waals surface area contributed by atoms with E-state index in [1.807, 2.05) is 0 Å². The lowest BCUT2D eigenvalue weighted by Crippen LogP contribution is -2.41. The predicted octanol–water partition coefficient (Wildman–Crippen LogP) is 3.56. The minimum absolute atomic E-state index is 0.0470. The molecule has 2 aliphatic heterocycles. The Labute approximate surface area is 157 Å². The van der Waals surface area contributed by atoms with Crippen molar-refractivity contribution in [2.24, 2.45) is 16.6 Å². The molecule has 26 heavy (non-hydrogen) atoms. The fourth-order valence-electron chi connectivity index (χ4n) is 3.43. The molecule has 1 aromatic rings. The van der Waals surface area contributed by atoms with Gasteiger partial charge in [0, 0.05) is 17.1 Å². The maximum absolute atomic E-state index is 13.2. The van der Waals surface area contributed by atoms with Crippen molar-refractivity contribution in [2.45, 2.75) is 37.4 Å². The van der Waals surface area contributed by atoms with Crippen LogP contribution in [-0.2, 0) is 10.3 Å². The van der Waals surface area contributed by atoms with Gasteiger partial charge in [-0.05, 0) is 31.0 Å². The van der Waals surface area contributed by atoms with Crippen LogP contribution in [-0.4, -0.2) is 36.6 Å². The topological polar surface area (TPSA) is 67.9 Å². The molecule has 1 amide bonds. The summed E-state index contributed by atoms with van der Waals surface area (Å²) in [6.07, 6.45) is -3.35. The van der Waals surface area contributed by atoms with Crippen molar-refractivity contribution in [3.05, 3.63) is 28.2 Å². The molecule has 3 rings (SSSR count). The SMILES string of the molecule is CN1C(=O)C2(CCCCC(C(F)(F)F)COc3ccc(Br)cc32)N=C1N. The fourth-order valence-corrected chi connectivity index (χ4v) is 3.79. The number of amides is 1. The van der Waals surface area contributed by atoms with Crippen LogP contribution in [0.3, 0.4) is 0 Å². The number of ether oxygens (including phenoxy) is 1. The maximum atomic E-state index is 13.2. The summed E-state index contributed by atoms with van der Waals surface area (Å²) in [5, 5.41) is 0. The molecule has 2 N–H and O–H groups in total. The van der Waals surface area contributed by atoms with E-state index in [0.717, 1.165) is 0 Å². The van der Waals surface area contributed by atoms with Gasteiger partial charge in [0.05, 0.1) is 12.5 Å². The zero-order valence-corrected chi connectivity index (χ0v) is 15.7. The summed E-state index contributed by atoms with van der Waals surface area (Å²) in [4.78, 5) is 18.6. The summed E-state index contributed by atoms with van der Waals surface area (Å²) < 4.78 is 45.8. The summed E-state index contributed by atoms with van der Waals surface area (Å²) in [5.74, 6) is -1.52. The standard InChI is InChI=1S/C17H19BrF3N3O2/c1-24-14(25)16(23-15(24)22)7-3-2-4-10(17(19,20)21)9-26-13-6-5-11(18)8-12(13)16/h5-6,8,10H,2-4,7,9H2,1H3,(H2,22,23). The first-order valence-electron chi connectivity index (χ1n) is 8.28. The normalized spacial score (nSPS) is 27.1. The number of guanidine groups is 1. The Kier molecular flexibility index (Phi) is 4.94. The second-order valence-electron chi connectivity index (χ2n) is 6.63. The summed E-state index contributed by atoms with van der Waals surface area (Å²) in [6, 6.07) is 4.90. The molecule has 0 saturated carbocycles. The van der Waals surface area contributed by atoms with Gasteiger partial charge in [-0.2, -0.15) is 13.2 Å². The number of nitrogens with two attached hydrogens (primary N) is 1. The number of rotatable bonds is 0. The number of hydrogen-bond acceptors (Lipinski definition) is 4. The smallest absolute Gasteiger partial charge is 0.395 e. The number of halogens is 4. The third-order valence-electron chi connectivity index (χ3n) is 4.94. The molecule has 0 fully saturated rings. The minimum atomic E-state index is -4.32. The number of benzene rings is 1. The maximum Gasteiger partial charge on any atom is 0.395 e. The fraction of sp³-hybridized carbons (Fsp3) is 0.529. The van der Waals surface area contributed by atoms with Crippen molar-refractivity contribution in [1.82, 2.24) is 4.90 Å². The number of fused-ring (bicyclic) bond motifs is 2. The molecule has 2 heterocycles. The Hall–Kier alpha value is -1.77. The van der Waals surface area contributed by atoms with Gasteiger partial charge >= 0.3 is 6.18 Å². The van der Waals surface area contributed by atoms with E-state index >= 15 is 0 Å². The largest absolute Gasteiger partial charge is 0.493 e. The Morgan fingerprint density at radius 3 is 2.73 bits per heavy atom. The number of nitrogens with zero attached hydrogens (tertiary/aromatic N) is 2. The van der Waals surface area contributed by atoms with Crippen LogP contribution in [0.1, 0.15) is 31.2 Å². The van der Waals surface area contributed by atoms with Crippen LogP contribution >= 0.6 is 15.9 Å². The van der Waals surface area contributed by atoms with E-state index in [4.69, 9.17) is 10.5 Å². The van der Waals surface area contributed by atoms with Crippen LogP contribution < -0.4 is 10.5 Å². The first kappa shape index (κ1) is 19.0. The molecule has 0 aromatic heterocycles. The van der Waals surface area contributed by atoms with Crippen LogP contribution in [0, 0.1) is 5.92 Å². The highest BCUT2D eigenvalue weighted by Crippen LogP contribution is 2.44. The Morgan fingerprint density at radius 2 is 2.12 bits per heavy atom. The second kappa shape index (κ2) is 6.75.